The zero-order valence-corrected chi connectivity index (χ0v) is 12.3. The largest absolute Gasteiger partial charge is 0.491 e. The second-order valence-electron chi connectivity index (χ2n) is 5.33. The number of benzene rings is 1. The van der Waals surface area contributed by atoms with Gasteiger partial charge in [-0.1, -0.05) is 25.1 Å². The Bertz CT molecular complexity index is 597. The minimum Gasteiger partial charge on any atom is -0.491 e. The summed E-state index contributed by atoms with van der Waals surface area (Å²) in [5.41, 5.74) is 9.29. The summed E-state index contributed by atoms with van der Waals surface area (Å²) in [4.78, 5) is 6.80. The molecule has 0 amide bonds. The van der Waals surface area contributed by atoms with Crippen molar-refractivity contribution in [2.45, 2.75) is 25.9 Å². The zero-order valence-electron chi connectivity index (χ0n) is 12.3. The number of hydrogen-bond donors (Lipinski definition) is 1. The molecule has 4 heteroatoms. The van der Waals surface area contributed by atoms with Crippen molar-refractivity contribution in [2.75, 3.05) is 18.1 Å². The van der Waals surface area contributed by atoms with Gasteiger partial charge in [-0.2, -0.15) is 0 Å². The second kappa shape index (κ2) is 6.14. The van der Waals surface area contributed by atoms with Gasteiger partial charge in [0.1, 0.15) is 12.4 Å². The van der Waals surface area contributed by atoms with Crippen LogP contribution in [0.4, 0.5) is 5.69 Å². The Kier molecular flexibility index (Phi) is 4.06. The molecule has 1 aromatic heterocycles. The van der Waals surface area contributed by atoms with E-state index < -0.39 is 0 Å². The lowest BCUT2D eigenvalue weighted by Crippen LogP contribution is -2.25. The predicted octanol–water partition coefficient (Wildman–Crippen LogP) is 2.89. The fourth-order valence-electron chi connectivity index (χ4n) is 2.56. The first-order chi connectivity index (χ1) is 10.3. The van der Waals surface area contributed by atoms with Crippen LogP contribution in [0.2, 0.25) is 0 Å². The molecule has 0 bridgehead atoms. The number of anilines is 1. The number of para-hydroxylation sites is 1. The van der Waals surface area contributed by atoms with Gasteiger partial charge in [-0.25, -0.2) is 0 Å². The molecule has 3 rings (SSSR count). The van der Waals surface area contributed by atoms with E-state index in [2.05, 4.69) is 28.9 Å². The van der Waals surface area contributed by atoms with Gasteiger partial charge in [0.25, 0.3) is 0 Å². The Labute approximate surface area is 125 Å². The Morgan fingerprint density at radius 1 is 1.29 bits per heavy atom. The average Bonchev–Trinajstić information content (AvgIpc) is 2.76. The molecule has 0 spiro atoms. The number of ether oxygens (including phenoxy) is 1. The third kappa shape index (κ3) is 3.00. The molecule has 0 saturated heterocycles. The van der Waals surface area contributed by atoms with Gasteiger partial charge in [0.15, 0.2) is 0 Å². The normalized spacial score (nSPS) is 15.8. The molecule has 0 aliphatic carbocycles. The van der Waals surface area contributed by atoms with Crippen molar-refractivity contribution in [2.24, 2.45) is 5.73 Å². The second-order valence-corrected chi connectivity index (χ2v) is 5.33. The first-order valence-corrected chi connectivity index (χ1v) is 7.45. The van der Waals surface area contributed by atoms with Crippen molar-refractivity contribution in [3.05, 3.63) is 53.9 Å². The van der Waals surface area contributed by atoms with Crippen LogP contribution in [0.15, 0.2) is 42.6 Å². The lowest BCUT2D eigenvalue weighted by atomic mass is 10.1. The number of rotatable bonds is 3. The molecule has 2 N–H and O–H groups in total. The SMILES string of the molecule is CC[C@H](N)c1ccc(N2CCOc3ccccc3C2)cn1. The van der Waals surface area contributed by atoms with E-state index in [4.69, 9.17) is 10.5 Å². The molecule has 0 radical (unpaired) electrons. The van der Waals surface area contributed by atoms with Crippen LogP contribution >= 0.6 is 0 Å². The van der Waals surface area contributed by atoms with E-state index in [9.17, 15) is 0 Å². The Balaban J connectivity index is 1.81. The third-order valence-corrected chi connectivity index (χ3v) is 3.91. The maximum absolute atomic E-state index is 6.01. The van der Waals surface area contributed by atoms with Crippen molar-refractivity contribution in [3.63, 3.8) is 0 Å². The molecule has 1 aromatic carbocycles. The molecule has 0 unspecified atom stereocenters. The molecule has 0 saturated carbocycles. The quantitative estimate of drug-likeness (QED) is 0.941. The van der Waals surface area contributed by atoms with Gasteiger partial charge < -0.3 is 15.4 Å². The number of fused-ring (bicyclic) bond motifs is 1. The summed E-state index contributed by atoms with van der Waals surface area (Å²) < 4.78 is 5.80. The highest BCUT2D eigenvalue weighted by Crippen LogP contribution is 2.26. The summed E-state index contributed by atoms with van der Waals surface area (Å²) in [5.74, 6) is 0.984. The molecule has 2 aromatic rings. The summed E-state index contributed by atoms with van der Waals surface area (Å²) >= 11 is 0. The Morgan fingerprint density at radius 2 is 2.14 bits per heavy atom. The van der Waals surface area contributed by atoms with Crippen LogP contribution in [-0.4, -0.2) is 18.1 Å². The molecular formula is C17H21N3O. The van der Waals surface area contributed by atoms with E-state index >= 15 is 0 Å². The van der Waals surface area contributed by atoms with E-state index in [-0.39, 0.29) is 6.04 Å². The monoisotopic (exact) mass is 283 g/mol. The number of nitrogens with two attached hydrogens (primary N) is 1. The summed E-state index contributed by atoms with van der Waals surface area (Å²) in [6.45, 7) is 4.46. The van der Waals surface area contributed by atoms with Crippen molar-refractivity contribution in [1.29, 1.82) is 0 Å². The topological polar surface area (TPSA) is 51.4 Å². The van der Waals surface area contributed by atoms with Gasteiger partial charge in [-0.15, -0.1) is 0 Å². The fraction of sp³-hybridized carbons (Fsp3) is 0.353. The van der Waals surface area contributed by atoms with E-state index in [0.717, 1.165) is 36.6 Å². The van der Waals surface area contributed by atoms with Gasteiger partial charge >= 0.3 is 0 Å². The van der Waals surface area contributed by atoms with E-state index in [1.165, 1.54) is 5.56 Å². The average molecular weight is 283 g/mol. The third-order valence-electron chi connectivity index (χ3n) is 3.91. The summed E-state index contributed by atoms with van der Waals surface area (Å²) in [7, 11) is 0. The van der Waals surface area contributed by atoms with Crippen LogP contribution < -0.4 is 15.4 Å². The van der Waals surface area contributed by atoms with E-state index in [1.807, 2.05) is 30.5 Å². The summed E-state index contributed by atoms with van der Waals surface area (Å²) in [6.07, 6.45) is 2.82. The molecule has 4 nitrogen and oxygen atoms in total. The van der Waals surface area contributed by atoms with Crippen LogP contribution in [-0.2, 0) is 6.54 Å². The first kappa shape index (κ1) is 13.9. The smallest absolute Gasteiger partial charge is 0.124 e. The van der Waals surface area contributed by atoms with Crippen LogP contribution in [0.3, 0.4) is 0 Å². The number of aromatic nitrogens is 1. The molecule has 1 aliphatic heterocycles. The maximum Gasteiger partial charge on any atom is 0.124 e. The van der Waals surface area contributed by atoms with Crippen molar-refractivity contribution in [1.82, 2.24) is 4.98 Å². The van der Waals surface area contributed by atoms with Crippen LogP contribution in [0.1, 0.15) is 30.6 Å². The maximum atomic E-state index is 6.01. The highest BCUT2D eigenvalue weighted by molar-refractivity contribution is 5.48. The predicted molar refractivity (Wildman–Crippen MR) is 84.4 cm³/mol. The summed E-state index contributed by atoms with van der Waals surface area (Å²) in [5, 5.41) is 0. The van der Waals surface area contributed by atoms with Crippen molar-refractivity contribution >= 4 is 5.69 Å². The lowest BCUT2D eigenvalue weighted by Gasteiger charge is -2.22. The van der Waals surface area contributed by atoms with Gasteiger partial charge in [0.2, 0.25) is 0 Å². The Morgan fingerprint density at radius 3 is 2.90 bits per heavy atom. The number of hydrogen-bond acceptors (Lipinski definition) is 4. The minimum atomic E-state index is 0.0206. The summed E-state index contributed by atoms with van der Waals surface area (Å²) in [6, 6.07) is 12.4. The molecule has 21 heavy (non-hydrogen) atoms. The molecule has 1 atom stereocenters. The fourth-order valence-corrected chi connectivity index (χ4v) is 2.56. The van der Waals surface area contributed by atoms with Crippen molar-refractivity contribution in [3.8, 4) is 5.75 Å². The van der Waals surface area contributed by atoms with Gasteiger partial charge in [0.05, 0.1) is 24.1 Å². The zero-order chi connectivity index (χ0) is 14.7. The Hall–Kier alpha value is -2.07. The van der Waals surface area contributed by atoms with Gasteiger partial charge in [-0.05, 0) is 24.6 Å². The van der Waals surface area contributed by atoms with Crippen LogP contribution in [0.25, 0.3) is 0 Å². The molecule has 1 aliphatic rings. The highest BCUT2D eigenvalue weighted by Gasteiger charge is 2.16. The van der Waals surface area contributed by atoms with Crippen LogP contribution in [0.5, 0.6) is 5.75 Å². The molecule has 0 fully saturated rings. The van der Waals surface area contributed by atoms with Crippen LogP contribution in [0, 0.1) is 0 Å². The van der Waals surface area contributed by atoms with E-state index in [0.29, 0.717) is 6.61 Å². The van der Waals surface area contributed by atoms with E-state index in [1.54, 1.807) is 0 Å². The molecular weight excluding hydrogens is 262 g/mol. The molecule has 110 valence electrons. The number of nitrogens with zero attached hydrogens (tertiary/aromatic N) is 2. The first-order valence-electron chi connectivity index (χ1n) is 7.45. The van der Waals surface area contributed by atoms with Gasteiger partial charge in [-0.3, -0.25) is 4.98 Å². The standard InChI is InChI=1S/C17H21N3O/c1-2-15(18)16-8-7-14(11-19-16)20-9-10-21-17-6-4-3-5-13(17)12-20/h3-8,11,15H,2,9-10,12,18H2,1H3/t15-/m0/s1. The molecule has 2 heterocycles. The number of pyridine rings is 1. The van der Waals surface area contributed by atoms with Gasteiger partial charge in [0, 0.05) is 18.2 Å². The highest BCUT2D eigenvalue weighted by atomic mass is 16.5. The minimum absolute atomic E-state index is 0.0206. The lowest BCUT2D eigenvalue weighted by molar-refractivity contribution is 0.331. The van der Waals surface area contributed by atoms with Crippen molar-refractivity contribution < 1.29 is 4.74 Å².